The highest BCUT2D eigenvalue weighted by atomic mass is 16.6. The number of nitrogens with zero attached hydrogens (tertiary/aromatic N) is 3. The third-order valence-corrected chi connectivity index (χ3v) is 3.10. The Kier molecular flexibility index (Phi) is 5.35. The van der Waals surface area contributed by atoms with Gasteiger partial charge in [-0.3, -0.25) is 0 Å². The maximum absolute atomic E-state index is 10.9. The zero-order valence-corrected chi connectivity index (χ0v) is 12.7. The predicted octanol–water partition coefficient (Wildman–Crippen LogP) is 2.97. The number of nitro groups is 1. The van der Waals surface area contributed by atoms with Gasteiger partial charge in [0.2, 0.25) is 0 Å². The van der Waals surface area contributed by atoms with Crippen LogP contribution in [-0.4, -0.2) is 27.7 Å². The summed E-state index contributed by atoms with van der Waals surface area (Å²) in [6.45, 7) is 5.16. The Morgan fingerprint density at radius 2 is 1.77 bits per heavy atom. The highest BCUT2D eigenvalue weighted by Crippen LogP contribution is 2.18. The van der Waals surface area contributed by atoms with E-state index in [2.05, 4.69) is 11.9 Å². The molecule has 0 N–H and O–H groups in total. The van der Waals surface area contributed by atoms with Crippen LogP contribution in [0.25, 0.3) is 0 Å². The molecular formula is C15H19N3O4. The lowest BCUT2D eigenvalue weighted by molar-refractivity contribution is -0.392. The first-order valence-electron chi connectivity index (χ1n) is 7.14. The lowest BCUT2D eigenvalue weighted by Gasteiger charge is -2.08. The van der Waals surface area contributed by atoms with Crippen molar-refractivity contribution in [3.05, 3.63) is 46.4 Å². The lowest BCUT2D eigenvalue weighted by atomic mass is 10.3. The fourth-order valence-corrected chi connectivity index (χ4v) is 1.99. The van der Waals surface area contributed by atoms with Gasteiger partial charge in [0.15, 0.2) is 5.82 Å². The first kappa shape index (κ1) is 15.8. The number of benzene rings is 1. The van der Waals surface area contributed by atoms with E-state index in [-0.39, 0.29) is 5.82 Å². The molecule has 0 bridgehead atoms. The van der Waals surface area contributed by atoms with E-state index >= 15 is 0 Å². The van der Waals surface area contributed by atoms with Gasteiger partial charge in [-0.2, -0.15) is 0 Å². The first-order valence-corrected chi connectivity index (χ1v) is 7.14. The first-order chi connectivity index (χ1) is 10.6. The molecule has 0 aliphatic carbocycles. The number of hydrogen-bond acceptors (Lipinski definition) is 5. The van der Waals surface area contributed by atoms with Crippen molar-refractivity contribution in [3.8, 4) is 11.5 Å². The largest absolute Gasteiger partial charge is 0.494 e. The van der Waals surface area contributed by atoms with Gasteiger partial charge in [-0.1, -0.05) is 6.92 Å². The second-order valence-electron chi connectivity index (χ2n) is 4.74. The van der Waals surface area contributed by atoms with Gasteiger partial charge in [0.1, 0.15) is 30.8 Å². The van der Waals surface area contributed by atoms with E-state index in [9.17, 15) is 10.1 Å². The van der Waals surface area contributed by atoms with E-state index in [0.29, 0.717) is 31.3 Å². The monoisotopic (exact) mass is 305 g/mol. The second-order valence-corrected chi connectivity index (χ2v) is 4.74. The molecule has 2 rings (SSSR count). The van der Waals surface area contributed by atoms with Gasteiger partial charge in [0.05, 0.1) is 6.61 Å². The molecule has 7 nitrogen and oxygen atoms in total. The predicted molar refractivity (Wildman–Crippen MR) is 81.3 cm³/mol. The van der Waals surface area contributed by atoms with Crippen molar-refractivity contribution in [1.29, 1.82) is 0 Å². The van der Waals surface area contributed by atoms with E-state index in [1.54, 1.807) is 6.92 Å². The van der Waals surface area contributed by atoms with E-state index in [1.807, 2.05) is 24.3 Å². The number of aromatic nitrogens is 2. The highest BCUT2D eigenvalue weighted by molar-refractivity contribution is 5.31. The van der Waals surface area contributed by atoms with Crippen LogP contribution in [-0.2, 0) is 6.54 Å². The Morgan fingerprint density at radius 3 is 2.32 bits per heavy atom. The molecule has 1 aromatic carbocycles. The van der Waals surface area contributed by atoms with Crippen molar-refractivity contribution in [1.82, 2.24) is 9.55 Å². The van der Waals surface area contributed by atoms with Gasteiger partial charge in [-0.25, -0.2) is 9.55 Å². The molecule has 0 saturated heterocycles. The fourth-order valence-electron chi connectivity index (χ4n) is 1.99. The quantitative estimate of drug-likeness (QED) is 0.553. The van der Waals surface area contributed by atoms with E-state index in [4.69, 9.17) is 9.47 Å². The van der Waals surface area contributed by atoms with Gasteiger partial charge in [0, 0.05) is 6.92 Å². The van der Waals surface area contributed by atoms with Crippen molar-refractivity contribution < 1.29 is 14.4 Å². The molecule has 0 aliphatic heterocycles. The van der Waals surface area contributed by atoms with Crippen LogP contribution in [0.5, 0.6) is 11.5 Å². The molecule has 0 spiro atoms. The van der Waals surface area contributed by atoms with Crippen molar-refractivity contribution in [2.24, 2.45) is 0 Å². The maximum Gasteiger partial charge on any atom is 0.342 e. The Hall–Kier alpha value is -2.57. The molecule has 0 radical (unpaired) electrons. The Bertz CT molecular complexity index is 622. The molecule has 22 heavy (non-hydrogen) atoms. The van der Waals surface area contributed by atoms with Crippen LogP contribution in [0.2, 0.25) is 0 Å². The molecule has 0 fully saturated rings. The highest BCUT2D eigenvalue weighted by Gasteiger charge is 2.16. The van der Waals surface area contributed by atoms with Crippen LogP contribution >= 0.6 is 0 Å². The lowest BCUT2D eigenvalue weighted by Crippen LogP contribution is -2.11. The summed E-state index contributed by atoms with van der Waals surface area (Å²) in [5.41, 5.74) is 0. The normalized spacial score (nSPS) is 10.5. The zero-order chi connectivity index (χ0) is 15.9. The van der Waals surface area contributed by atoms with Crippen LogP contribution in [0.3, 0.4) is 0 Å². The molecule has 7 heteroatoms. The molecule has 1 heterocycles. The van der Waals surface area contributed by atoms with Crippen molar-refractivity contribution >= 4 is 5.82 Å². The molecule has 0 saturated carbocycles. The van der Waals surface area contributed by atoms with Crippen LogP contribution in [0, 0.1) is 17.0 Å². The van der Waals surface area contributed by atoms with Crippen LogP contribution in [0.15, 0.2) is 30.5 Å². The summed E-state index contributed by atoms with van der Waals surface area (Å²) >= 11 is 0. The number of imidazole rings is 1. The molecule has 0 aliphatic rings. The van der Waals surface area contributed by atoms with Crippen molar-refractivity contribution in [3.63, 3.8) is 0 Å². The van der Waals surface area contributed by atoms with Crippen LogP contribution < -0.4 is 9.47 Å². The van der Waals surface area contributed by atoms with Crippen LogP contribution in [0.1, 0.15) is 19.2 Å². The zero-order valence-electron chi connectivity index (χ0n) is 12.7. The minimum Gasteiger partial charge on any atom is -0.494 e. The molecule has 2 aromatic rings. The Labute approximate surface area is 128 Å². The maximum atomic E-state index is 10.9. The third kappa shape index (κ3) is 3.97. The molecular weight excluding hydrogens is 286 g/mol. The van der Waals surface area contributed by atoms with Gasteiger partial charge >= 0.3 is 5.82 Å². The van der Waals surface area contributed by atoms with E-state index in [0.717, 1.165) is 12.2 Å². The fraction of sp³-hybridized carbons (Fsp3) is 0.400. The van der Waals surface area contributed by atoms with Gasteiger partial charge in [-0.05, 0) is 35.6 Å². The average Bonchev–Trinajstić information content (AvgIpc) is 2.88. The molecule has 0 amide bonds. The van der Waals surface area contributed by atoms with Crippen LogP contribution in [0.4, 0.5) is 5.82 Å². The minimum atomic E-state index is -0.445. The van der Waals surface area contributed by atoms with Crippen molar-refractivity contribution in [2.45, 2.75) is 26.8 Å². The average molecular weight is 305 g/mol. The van der Waals surface area contributed by atoms with Crippen molar-refractivity contribution in [2.75, 3.05) is 13.2 Å². The van der Waals surface area contributed by atoms with E-state index < -0.39 is 4.92 Å². The topological polar surface area (TPSA) is 79.4 Å². The van der Waals surface area contributed by atoms with Gasteiger partial charge < -0.3 is 19.6 Å². The van der Waals surface area contributed by atoms with Gasteiger partial charge in [-0.15, -0.1) is 0 Å². The molecule has 118 valence electrons. The number of aryl methyl sites for hydroxylation is 1. The standard InChI is InChI=1S/C15H19N3O4/c1-3-9-21-13-4-6-14(7-5-13)22-10-8-17-12(2)16-11-15(17)18(19)20/h4-7,11H,3,8-10H2,1-2H3. The third-order valence-electron chi connectivity index (χ3n) is 3.10. The minimum absolute atomic E-state index is 0.0237. The smallest absolute Gasteiger partial charge is 0.342 e. The number of rotatable bonds is 8. The summed E-state index contributed by atoms with van der Waals surface area (Å²) in [5.74, 6) is 2.07. The summed E-state index contributed by atoms with van der Waals surface area (Å²) in [4.78, 5) is 14.4. The number of ether oxygens (including phenoxy) is 2. The Morgan fingerprint density at radius 1 is 1.18 bits per heavy atom. The number of hydrogen-bond donors (Lipinski definition) is 0. The molecule has 1 aromatic heterocycles. The Balaban J connectivity index is 1.88. The molecule has 0 atom stereocenters. The second kappa shape index (κ2) is 7.44. The van der Waals surface area contributed by atoms with Gasteiger partial charge in [0.25, 0.3) is 0 Å². The summed E-state index contributed by atoms with van der Waals surface area (Å²) in [6.07, 6.45) is 2.22. The summed E-state index contributed by atoms with van der Waals surface area (Å²) in [5, 5.41) is 10.9. The van der Waals surface area contributed by atoms with E-state index in [1.165, 1.54) is 10.8 Å². The summed E-state index contributed by atoms with van der Waals surface area (Å²) in [7, 11) is 0. The molecule has 0 unspecified atom stereocenters. The summed E-state index contributed by atoms with van der Waals surface area (Å²) in [6, 6.07) is 7.33. The summed E-state index contributed by atoms with van der Waals surface area (Å²) < 4.78 is 12.6. The SMILES string of the molecule is CCCOc1ccc(OCCn2c([N+](=O)[O-])cnc2C)cc1.